The summed E-state index contributed by atoms with van der Waals surface area (Å²) in [5.41, 5.74) is 1.16. The second kappa shape index (κ2) is 11.4. The van der Waals surface area contributed by atoms with Crippen molar-refractivity contribution in [2.45, 2.75) is 6.16 Å². The molecule has 33 heavy (non-hydrogen) atoms. The molecule has 3 nitrogen and oxygen atoms in total. The molecule has 0 N–H and O–H groups in total. The summed E-state index contributed by atoms with van der Waals surface area (Å²) in [6, 6.07) is 36.8. The van der Waals surface area contributed by atoms with Crippen LogP contribution in [0.25, 0.3) is 0 Å². The maximum atomic E-state index is 5.66. The van der Waals surface area contributed by atoms with Crippen LogP contribution in [0.1, 0.15) is 5.56 Å². The summed E-state index contributed by atoms with van der Waals surface area (Å²) >= 11 is 0. The van der Waals surface area contributed by atoms with E-state index in [9.17, 15) is 0 Å². The van der Waals surface area contributed by atoms with E-state index in [1.807, 2.05) is 0 Å². The van der Waals surface area contributed by atoms with E-state index >= 15 is 0 Å². The Hall–Kier alpha value is -2.81. The van der Waals surface area contributed by atoms with Gasteiger partial charge in [-0.2, -0.15) is 0 Å². The van der Waals surface area contributed by atoms with Crippen LogP contribution in [0.15, 0.2) is 103 Å². The molecule has 0 saturated carbocycles. The number of ether oxygens (including phenoxy) is 3. The molecular formula is C28H30BrO3P. The number of methoxy groups -OCH3 is 3. The molecule has 0 radical (unpaired) electrons. The van der Waals surface area contributed by atoms with Crippen LogP contribution >= 0.6 is 24.2 Å². The third-order valence-electron chi connectivity index (χ3n) is 5.99. The van der Waals surface area contributed by atoms with Gasteiger partial charge >= 0.3 is 191 Å². The molecule has 0 amide bonds. The first-order chi connectivity index (χ1) is 15.7. The van der Waals surface area contributed by atoms with Gasteiger partial charge in [0.2, 0.25) is 0 Å². The van der Waals surface area contributed by atoms with Gasteiger partial charge in [0.15, 0.2) is 0 Å². The Morgan fingerprint density at radius 1 is 0.545 bits per heavy atom. The SMILES string of the molecule is Br.COc1cc(C[PH](c2ccccc2)(c2ccccc2)c2ccccc2)cc(OC)c1OC. The summed E-state index contributed by atoms with van der Waals surface area (Å²) in [6.45, 7) is 0. The minimum atomic E-state index is -2.42. The molecule has 4 rings (SSSR count). The predicted octanol–water partition coefficient (Wildman–Crippen LogP) is 5.52. The summed E-state index contributed by atoms with van der Waals surface area (Å²) < 4.78 is 16.9. The third kappa shape index (κ3) is 4.93. The molecule has 0 aromatic heterocycles. The molecule has 0 saturated heterocycles. The van der Waals surface area contributed by atoms with Gasteiger partial charge in [-0.05, 0) is 0 Å². The standard InChI is InChI=1S/C28H29O3P.BrH/c1-29-26-19-22(20-27(30-2)28(26)31-3)21-32(23-13-7-4-8-14-23,24-15-9-5-10-16-24)25-17-11-6-12-18-25;/h4-20,32H,21H2,1-3H3;1H. The Balaban J connectivity index is 0.00000306. The van der Waals surface area contributed by atoms with E-state index in [1.165, 1.54) is 15.9 Å². The van der Waals surface area contributed by atoms with Gasteiger partial charge < -0.3 is 0 Å². The molecule has 5 heteroatoms. The molecule has 0 aliphatic carbocycles. The summed E-state index contributed by atoms with van der Waals surface area (Å²) in [4.78, 5) is 0. The maximum absolute atomic E-state index is 5.66. The number of hydrogen-bond acceptors (Lipinski definition) is 3. The van der Waals surface area contributed by atoms with E-state index in [2.05, 4.69) is 103 Å². The fourth-order valence-electron chi connectivity index (χ4n) is 4.52. The average Bonchev–Trinajstić information content (AvgIpc) is 2.88. The van der Waals surface area contributed by atoms with Crippen molar-refractivity contribution in [3.63, 3.8) is 0 Å². The predicted molar refractivity (Wildman–Crippen MR) is 147 cm³/mol. The first-order valence-electron chi connectivity index (χ1n) is 10.7. The van der Waals surface area contributed by atoms with Crippen LogP contribution < -0.4 is 30.1 Å². The van der Waals surface area contributed by atoms with Crippen LogP contribution in [0, 0.1) is 0 Å². The quantitative estimate of drug-likeness (QED) is 0.284. The van der Waals surface area contributed by atoms with Gasteiger partial charge in [0.1, 0.15) is 0 Å². The van der Waals surface area contributed by atoms with E-state index in [-0.39, 0.29) is 17.0 Å². The van der Waals surface area contributed by atoms with Gasteiger partial charge in [-0.1, -0.05) is 0 Å². The molecule has 0 aliphatic rings. The molecule has 172 valence electrons. The molecule has 0 bridgehead atoms. The van der Waals surface area contributed by atoms with E-state index in [1.54, 1.807) is 21.3 Å². The summed E-state index contributed by atoms with van der Waals surface area (Å²) in [7, 11) is 2.55. The topological polar surface area (TPSA) is 27.7 Å². The Morgan fingerprint density at radius 2 is 0.909 bits per heavy atom. The first kappa shape index (κ1) is 24.8. The Kier molecular flexibility index (Phi) is 8.55. The number of rotatable bonds is 8. The molecule has 0 unspecified atom stereocenters. The van der Waals surface area contributed by atoms with Crippen LogP contribution in [0.2, 0.25) is 0 Å². The Bertz CT molecular complexity index is 1030. The van der Waals surface area contributed by atoms with Crippen LogP contribution in [-0.2, 0) is 6.16 Å². The van der Waals surface area contributed by atoms with Crippen molar-refractivity contribution in [3.8, 4) is 17.2 Å². The Morgan fingerprint density at radius 3 is 1.21 bits per heavy atom. The van der Waals surface area contributed by atoms with E-state index in [0.29, 0.717) is 17.2 Å². The van der Waals surface area contributed by atoms with E-state index < -0.39 is 7.26 Å². The van der Waals surface area contributed by atoms with E-state index in [0.717, 1.165) is 11.7 Å². The normalized spacial score (nSPS) is 11.2. The van der Waals surface area contributed by atoms with E-state index in [4.69, 9.17) is 14.2 Å². The van der Waals surface area contributed by atoms with Crippen molar-refractivity contribution >= 4 is 40.2 Å². The van der Waals surface area contributed by atoms with Crippen molar-refractivity contribution in [1.29, 1.82) is 0 Å². The van der Waals surface area contributed by atoms with Gasteiger partial charge in [0.05, 0.1) is 0 Å². The molecular weight excluding hydrogens is 495 g/mol. The molecule has 4 aromatic rings. The van der Waals surface area contributed by atoms with Crippen LogP contribution in [0.3, 0.4) is 0 Å². The summed E-state index contributed by atoms with van der Waals surface area (Å²) in [5.74, 6) is 1.98. The van der Waals surface area contributed by atoms with Gasteiger partial charge in [-0.25, -0.2) is 0 Å². The van der Waals surface area contributed by atoms with Gasteiger partial charge in [0, 0.05) is 0 Å². The minimum absolute atomic E-state index is 0. The van der Waals surface area contributed by atoms with Crippen molar-refractivity contribution in [2.24, 2.45) is 0 Å². The number of halogens is 1. The van der Waals surface area contributed by atoms with Crippen LogP contribution in [-0.4, -0.2) is 21.3 Å². The summed E-state index contributed by atoms with van der Waals surface area (Å²) in [6.07, 6.45) is 0.863. The fourth-order valence-corrected chi connectivity index (χ4v) is 9.23. The zero-order valence-corrected chi connectivity index (χ0v) is 21.9. The Labute approximate surface area is 207 Å². The van der Waals surface area contributed by atoms with Gasteiger partial charge in [-0.15, -0.1) is 17.0 Å². The second-order valence-electron chi connectivity index (χ2n) is 7.71. The first-order valence-corrected chi connectivity index (χ1v) is 12.9. The number of hydrogen-bond donors (Lipinski definition) is 0. The molecule has 0 spiro atoms. The average molecular weight is 525 g/mol. The van der Waals surface area contributed by atoms with Crippen molar-refractivity contribution in [3.05, 3.63) is 109 Å². The van der Waals surface area contributed by atoms with Crippen molar-refractivity contribution < 1.29 is 14.2 Å². The molecule has 0 heterocycles. The van der Waals surface area contributed by atoms with Crippen molar-refractivity contribution in [1.82, 2.24) is 0 Å². The van der Waals surface area contributed by atoms with Crippen molar-refractivity contribution in [2.75, 3.05) is 21.3 Å². The van der Waals surface area contributed by atoms with Crippen LogP contribution in [0.4, 0.5) is 0 Å². The number of benzene rings is 4. The molecule has 0 fully saturated rings. The van der Waals surface area contributed by atoms with Gasteiger partial charge in [0.25, 0.3) is 0 Å². The zero-order chi connectivity index (χ0) is 22.4. The van der Waals surface area contributed by atoms with Gasteiger partial charge in [-0.3, -0.25) is 0 Å². The third-order valence-corrected chi connectivity index (χ3v) is 10.9. The molecule has 4 aromatic carbocycles. The molecule has 0 atom stereocenters. The molecule has 0 aliphatic heterocycles. The fraction of sp³-hybridized carbons (Fsp3) is 0.143. The van der Waals surface area contributed by atoms with Crippen LogP contribution in [0.5, 0.6) is 17.2 Å². The monoisotopic (exact) mass is 524 g/mol. The zero-order valence-electron chi connectivity index (χ0n) is 19.2. The summed E-state index contributed by atoms with van der Waals surface area (Å²) in [5, 5.41) is 4.10. The second-order valence-corrected chi connectivity index (χ2v) is 11.6.